The molecule has 3 fully saturated rings. The number of rotatable bonds is 2. The zero-order chi connectivity index (χ0) is 28.1. The number of nitriles is 1. The Hall–Kier alpha value is -2.22. The van der Waals surface area contributed by atoms with Crippen molar-refractivity contribution >= 4 is 17.5 Å². The third-order valence-corrected chi connectivity index (χ3v) is 13.1. The van der Waals surface area contributed by atoms with Gasteiger partial charge in [-0.2, -0.15) is 5.26 Å². The van der Waals surface area contributed by atoms with Gasteiger partial charge in [-0.15, -0.1) is 0 Å². The van der Waals surface area contributed by atoms with E-state index in [1.54, 1.807) is 0 Å². The Morgan fingerprint density at radius 3 is 2.37 bits per heavy atom. The lowest BCUT2D eigenvalue weighted by molar-refractivity contribution is -0.183. The van der Waals surface area contributed by atoms with Crippen molar-refractivity contribution in [2.45, 2.75) is 93.4 Å². The van der Waals surface area contributed by atoms with Gasteiger partial charge in [-0.3, -0.25) is 14.4 Å². The van der Waals surface area contributed by atoms with Crippen LogP contribution in [0.1, 0.15) is 93.4 Å². The minimum Gasteiger partial charge on any atom is -0.469 e. The SMILES string of the molecule is COC(=O)C[C@]12CC[C@@H](C)[C@H](C)[C@H]1[C@H]1C(=O)C=C3[C@@]4(C)C=C(C#N)C(=O)C(C)(C)[C@@H]4CC[C@@]3(C)[C@]1(C)CC2. The largest absolute Gasteiger partial charge is 0.469 e. The fraction of sp³-hybridized carbons (Fsp3) is 0.758. The molecular weight excluding hydrogens is 474 g/mol. The molecule has 0 saturated heterocycles. The molecular formula is C33H45NO4. The number of ether oxygens (including phenoxy) is 1. The number of allylic oxidation sites excluding steroid dienone is 4. The van der Waals surface area contributed by atoms with Gasteiger partial charge in [-0.25, -0.2) is 0 Å². The minimum atomic E-state index is -0.660. The molecule has 0 amide bonds. The number of carbonyl (C=O) groups is 3. The number of fused-ring (bicyclic) bond motifs is 7. The van der Waals surface area contributed by atoms with Gasteiger partial charge < -0.3 is 4.74 Å². The number of carbonyl (C=O) groups excluding carboxylic acids is 3. The van der Waals surface area contributed by atoms with Gasteiger partial charge in [0.15, 0.2) is 11.6 Å². The van der Waals surface area contributed by atoms with Crippen LogP contribution in [-0.2, 0) is 19.1 Å². The van der Waals surface area contributed by atoms with Gasteiger partial charge in [0.25, 0.3) is 0 Å². The van der Waals surface area contributed by atoms with Crippen LogP contribution in [0.2, 0.25) is 0 Å². The number of ketones is 2. The second-order valence-corrected chi connectivity index (χ2v) is 14.8. The molecule has 206 valence electrons. The fourth-order valence-electron chi connectivity index (χ4n) is 10.7. The lowest BCUT2D eigenvalue weighted by atomic mass is 9.33. The van der Waals surface area contributed by atoms with Crippen molar-refractivity contribution in [3.05, 3.63) is 23.3 Å². The highest BCUT2D eigenvalue weighted by atomic mass is 16.5. The van der Waals surface area contributed by atoms with Gasteiger partial charge in [0.2, 0.25) is 0 Å². The smallest absolute Gasteiger partial charge is 0.306 e. The van der Waals surface area contributed by atoms with Crippen LogP contribution in [-0.4, -0.2) is 24.6 Å². The molecule has 0 aromatic carbocycles. The summed E-state index contributed by atoms with van der Waals surface area (Å²) in [4.78, 5) is 40.4. The molecule has 5 heteroatoms. The van der Waals surface area contributed by atoms with E-state index in [2.05, 4.69) is 40.7 Å². The highest BCUT2D eigenvalue weighted by Crippen LogP contribution is 2.74. The van der Waals surface area contributed by atoms with Gasteiger partial charge in [-0.1, -0.05) is 60.1 Å². The molecule has 0 heterocycles. The van der Waals surface area contributed by atoms with Crippen molar-refractivity contribution < 1.29 is 19.1 Å². The monoisotopic (exact) mass is 519 g/mol. The molecule has 9 atom stereocenters. The molecule has 0 bridgehead atoms. The third kappa shape index (κ3) is 3.24. The first-order valence-corrected chi connectivity index (χ1v) is 14.6. The van der Waals surface area contributed by atoms with Gasteiger partial charge in [0.05, 0.1) is 19.1 Å². The number of nitrogens with zero attached hydrogens (tertiary/aromatic N) is 1. The molecule has 5 aliphatic carbocycles. The van der Waals surface area contributed by atoms with Gasteiger partial charge in [0, 0.05) is 16.7 Å². The molecule has 0 unspecified atom stereocenters. The van der Waals surface area contributed by atoms with Crippen LogP contribution in [0, 0.1) is 68.0 Å². The Bertz CT molecular complexity index is 1200. The summed E-state index contributed by atoms with van der Waals surface area (Å²) in [6.45, 7) is 15.4. The van der Waals surface area contributed by atoms with Crippen molar-refractivity contribution in [1.82, 2.24) is 0 Å². The quantitative estimate of drug-likeness (QED) is 0.383. The second kappa shape index (κ2) is 8.39. The van der Waals surface area contributed by atoms with Crippen molar-refractivity contribution in [3.63, 3.8) is 0 Å². The zero-order valence-corrected chi connectivity index (χ0v) is 24.6. The summed E-state index contributed by atoms with van der Waals surface area (Å²) in [7, 11) is 1.47. The van der Waals surface area contributed by atoms with Crippen molar-refractivity contribution in [1.29, 1.82) is 5.26 Å². The molecule has 0 aliphatic heterocycles. The van der Waals surface area contributed by atoms with E-state index >= 15 is 0 Å². The molecule has 0 radical (unpaired) electrons. The van der Waals surface area contributed by atoms with Crippen LogP contribution in [0.4, 0.5) is 0 Å². The summed E-state index contributed by atoms with van der Waals surface area (Å²) < 4.78 is 5.18. The minimum absolute atomic E-state index is 0.0440. The topological polar surface area (TPSA) is 84.2 Å². The molecule has 38 heavy (non-hydrogen) atoms. The van der Waals surface area contributed by atoms with Crippen LogP contribution < -0.4 is 0 Å². The number of hydrogen-bond acceptors (Lipinski definition) is 5. The molecule has 5 nitrogen and oxygen atoms in total. The van der Waals surface area contributed by atoms with Crippen LogP contribution in [0.25, 0.3) is 0 Å². The van der Waals surface area contributed by atoms with Gasteiger partial charge >= 0.3 is 5.97 Å². The maximum absolute atomic E-state index is 14.5. The summed E-state index contributed by atoms with van der Waals surface area (Å²) >= 11 is 0. The van der Waals surface area contributed by atoms with E-state index in [0.717, 1.165) is 44.1 Å². The maximum atomic E-state index is 14.5. The normalized spacial score (nSPS) is 47.3. The van der Waals surface area contributed by atoms with E-state index in [4.69, 9.17) is 4.74 Å². The van der Waals surface area contributed by atoms with E-state index < -0.39 is 10.8 Å². The molecule has 0 N–H and O–H groups in total. The fourth-order valence-corrected chi connectivity index (χ4v) is 10.7. The van der Waals surface area contributed by atoms with Crippen LogP contribution in [0.3, 0.4) is 0 Å². The first-order valence-electron chi connectivity index (χ1n) is 14.6. The van der Waals surface area contributed by atoms with Crippen LogP contribution in [0.15, 0.2) is 23.3 Å². The van der Waals surface area contributed by atoms with Crippen molar-refractivity contribution in [3.8, 4) is 6.07 Å². The Morgan fingerprint density at radius 2 is 1.74 bits per heavy atom. The summed E-state index contributed by atoms with van der Waals surface area (Å²) in [5.41, 5.74) is -0.524. The zero-order valence-electron chi connectivity index (χ0n) is 24.6. The Labute approximate surface area is 228 Å². The van der Waals surface area contributed by atoms with E-state index in [1.807, 2.05) is 26.0 Å². The van der Waals surface area contributed by atoms with Gasteiger partial charge in [-0.05, 0) is 84.5 Å². The summed E-state index contributed by atoms with van der Waals surface area (Å²) in [6, 6.07) is 2.18. The standard InChI is InChI=1S/C33H45NO4/c1-19-9-12-33(17-25(36)38-8)14-13-32(7)27(26(33)20(19)2)22(35)15-24-30(5)16-21(18-34)28(37)29(3,4)23(30)10-11-31(24,32)6/h15-16,19-20,23,26-27H,9-14,17H2,1-8H3/t19-,20+,23+,26+,27-,30+,31-,32-,33-/m1/s1. The number of hydrogen-bond donors (Lipinski definition) is 0. The third-order valence-electron chi connectivity index (χ3n) is 13.1. The average molecular weight is 520 g/mol. The predicted octanol–water partition coefficient (Wildman–Crippen LogP) is 6.62. The molecule has 5 aliphatic rings. The van der Waals surface area contributed by atoms with E-state index in [1.165, 1.54) is 7.11 Å². The highest BCUT2D eigenvalue weighted by Gasteiger charge is 2.70. The summed E-state index contributed by atoms with van der Waals surface area (Å²) in [6.07, 6.45) is 9.91. The van der Waals surface area contributed by atoms with Crippen LogP contribution in [0.5, 0.6) is 0 Å². The number of Topliss-reactive ketones (excluding diaryl/α,β-unsaturated/α-hetero) is 1. The van der Waals surface area contributed by atoms with Crippen molar-refractivity contribution in [2.75, 3.05) is 7.11 Å². The second-order valence-electron chi connectivity index (χ2n) is 14.8. The molecule has 0 aromatic heterocycles. The van der Waals surface area contributed by atoms with Gasteiger partial charge in [0.1, 0.15) is 6.07 Å². The molecule has 3 saturated carbocycles. The molecule has 5 rings (SSSR count). The average Bonchev–Trinajstić information content (AvgIpc) is 2.86. The summed E-state index contributed by atoms with van der Waals surface area (Å²) in [5, 5.41) is 9.89. The van der Waals surface area contributed by atoms with Crippen LogP contribution >= 0.6 is 0 Å². The highest BCUT2D eigenvalue weighted by molar-refractivity contribution is 6.04. The van der Waals surface area contributed by atoms with Crippen molar-refractivity contribution in [2.24, 2.45) is 56.7 Å². The first-order chi connectivity index (χ1) is 17.6. The maximum Gasteiger partial charge on any atom is 0.306 e. The van der Waals surface area contributed by atoms with E-state index in [0.29, 0.717) is 18.3 Å². The molecule has 0 aromatic rings. The number of methoxy groups -OCH3 is 1. The number of esters is 1. The predicted molar refractivity (Wildman–Crippen MR) is 145 cm³/mol. The first kappa shape index (κ1) is 27.4. The Morgan fingerprint density at radius 1 is 1.05 bits per heavy atom. The Kier molecular flexibility index (Phi) is 6.04. The lowest BCUT2D eigenvalue weighted by Gasteiger charge is -2.69. The molecule has 0 spiro atoms. The lowest BCUT2D eigenvalue weighted by Crippen LogP contribution is -2.65. The van der Waals surface area contributed by atoms with E-state index in [-0.39, 0.29) is 57.1 Å². The Balaban J connectivity index is 1.69. The van der Waals surface area contributed by atoms with E-state index in [9.17, 15) is 19.6 Å². The summed E-state index contributed by atoms with van der Waals surface area (Å²) in [5.74, 6) is 0.806.